The molecule has 7 heteroatoms. The Morgan fingerprint density at radius 2 is 1.92 bits per heavy atom. The number of halogens is 3. The van der Waals surface area contributed by atoms with E-state index in [2.05, 4.69) is 5.10 Å². The molecule has 0 aromatic heterocycles. The van der Waals surface area contributed by atoms with Gasteiger partial charge in [-0.1, -0.05) is 0 Å². The predicted molar refractivity (Wildman–Crippen MR) is 86.2 cm³/mol. The van der Waals surface area contributed by atoms with Crippen LogP contribution in [0, 0.1) is 5.92 Å². The maximum Gasteiger partial charge on any atom is 0.393 e. The Labute approximate surface area is 138 Å². The van der Waals surface area contributed by atoms with Gasteiger partial charge in [0.05, 0.1) is 11.6 Å². The molecule has 0 bridgehead atoms. The smallest absolute Gasteiger partial charge is 0.338 e. The van der Waals surface area contributed by atoms with E-state index in [4.69, 9.17) is 0 Å². The average Bonchev–Trinajstić information content (AvgIpc) is 3.00. The van der Waals surface area contributed by atoms with Gasteiger partial charge in [-0.2, -0.15) is 18.3 Å². The third kappa shape index (κ3) is 3.55. The fraction of sp³-hybridized carbons (Fsp3) is 0.529. The second-order valence-corrected chi connectivity index (χ2v) is 6.39. The average molecular weight is 339 g/mol. The molecule has 0 radical (unpaired) electrons. The topological polar surface area (TPSA) is 35.9 Å². The largest absolute Gasteiger partial charge is 0.393 e. The molecular formula is C17H20F3N3O. The zero-order chi connectivity index (χ0) is 17.3. The minimum atomic E-state index is -4.24. The van der Waals surface area contributed by atoms with Crippen LogP contribution in [0.3, 0.4) is 0 Å². The molecule has 3 rings (SSSR count). The van der Waals surface area contributed by atoms with Crippen LogP contribution in [0.1, 0.15) is 36.5 Å². The molecule has 4 nitrogen and oxygen atoms in total. The van der Waals surface area contributed by atoms with Crippen molar-refractivity contribution in [2.45, 2.75) is 32.4 Å². The molecule has 0 saturated carbocycles. The normalized spacial score (nSPS) is 21.8. The van der Waals surface area contributed by atoms with Gasteiger partial charge < -0.3 is 4.90 Å². The summed E-state index contributed by atoms with van der Waals surface area (Å²) in [5, 5.41) is 6.25. The Bertz CT molecular complexity index is 639. The van der Waals surface area contributed by atoms with Gasteiger partial charge in [0, 0.05) is 37.3 Å². The zero-order valence-corrected chi connectivity index (χ0v) is 13.5. The van der Waals surface area contributed by atoms with Crippen LogP contribution < -0.4 is 5.01 Å². The monoisotopic (exact) mass is 339 g/mol. The number of alkyl halides is 3. The van der Waals surface area contributed by atoms with Crippen molar-refractivity contribution in [1.82, 2.24) is 4.90 Å². The van der Waals surface area contributed by atoms with Gasteiger partial charge in [-0.3, -0.25) is 9.80 Å². The molecule has 2 aliphatic heterocycles. The fourth-order valence-corrected chi connectivity index (χ4v) is 3.15. The van der Waals surface area contributed by atoms with Crippen LogP contribution in [0.4, 0.5) is 18.9 Å². The summed E-state index contributed by atoms with van der Waals surface area (Å²) in [6, 6.07) is 6.91. The predicted octanol–water partition coefficient (Wildman–Crippen LogP) is 3.69. The van der Waals surface area contributed by atoms with Crippen LogP contribution in [0.2, 0.25) is 0 Å². The highest BCUT2D eigenvalue weighted by atomic mass is 19.4. The molecule has 1 fully saturated rings. The maximum atomic E-state index is 12.9. The van der Waals surface area contributed by atoms with Crippen molar-refractivity contribution >= 4 is 17.3 Å². The number of hydrogen-bond acceptors (Lipinski definition) is 3. The highest BCUT2D eigenvalue weighted by molar-refractivity contribution is 5.94. The van der Waals surface area contributed by atoms with E-state index in [0.29, 0.717) is 18.5 Å². The van der Waals surface area contributed by atoms with E-state index in [-0.39, 0.29) is 18.9 Å². The van der Waals surface area contributed by atoms with Gasteiger partial charge in [-0.05, 0) is 44.0 Å². The van der Waals surface area contributed by atoms with E-state index in [1.165, 1.54) is 4.90 Å². The van der Waals surface area contributed by atoms with Crippen molar-refractivity contribution in [1.29, 1.82) is 0 Å². The molecule has 0 aliphatic carbocycles. The number of rotatable bonds is 2. The second-order valence-electron chi connectivity index (χ2n) is 6.39. The van der Waals surface area contributed by atoms with E-state index in [9.17, 15) is 18.0 Å². The Balaban J connectivity index is 1.69. The lowest BCUT2D eigenvalue weighted by Crippen LogP contribution is -2.44. The third-order valence-corrected chi connectivity index (χ3v) is 4.56. The van der Waals surface area contributed by atoms with Crippen LogP contribution >= 0.6 is 0 Å². The molecule has 2 heterocycles. The minimum Gasteiger partial charge on any atom is -0.338 e. The molecule has 0 spiro atoms. The Morgan fingerprint density at radius 3 is 2.50 bits per heavy atom. The molecular weight excluding hydrogens is 319 g/mol. The molecule has 24 heavy (non-hydrogen) atoms. The summed E-state index contributed by atoms with van der Waals surface area (Å²) >= 11 is 0. The fourth-order valence-electron chi connectivity index (χ4n) is 3.15. The number of anilines is 1. The minimum absolute atomic E-state index is 0.0958. The number of hydrogen-bond donors (Lipinski definition) is 0. The first kappa shape index (κ1) is 16.8. The first-order valence-electron chi connectivity index (χ1n) is 8.12. The summed E-state index contributed by atoms with van der Waals surface area (Å²) < 4.78 is 38.6. The Morgan fingerprint density at radius 1 is 1.21 bits per heavy atom. The lowest BCUT2D eigenvalue weighted by atomic mass is 9.97. The highest BCUT2D eigenvalue weighted by Crippen LogP contribution is 2.33. The number of benzene rings is 1. The molecule has 1 unspecified atom stereocenters. The molecule has 130 valence electrons. The summed E-state index contributed by atoms with van der Waals surface area (Å²) in [5.74, 6) is -1.76. The van der Waals surface area contributed by atoms with E-state index in [1.54, 1.807) is 24.3 Å². The van der Waals surface area contributed by atoms with Gasteiger partial charge >= 0.3 is 6.18 Å². The Kier molecular flexibility index (Phi) is 4.51. The van der Waals surface area contributed by atoms with E-state index >= 15 is 0 Å². The maximum absolute atomic E-state index is 12.9. The summed E-state index contributed by atoms with van der Waals surface area (Å²) in [6.45, 7) is 2.90. The Hall–Kier alpha value is -2.05. The van der Waals surface area contributed by atoms with E-state index in [1.807, 2.05) is 11.9 Å². The van der Waals surface area contributed by atoms with E-state index in [0.717, 1.165) is 24.4 Å². The lowest BCUT2D eigenvalue weighted by molar-refractivity contribution is -0.184. The van der Waals surface area contributed by atoms with Crippen LogP contribution in [-0.2, 0) is 0 Å². The first-order valence-corrected chi connectivity index (χ1v) is 8.12. The van der Waals surface area contributed by atoms with Gasteiger partial charge in [0.2, 0.25) is 0 Å². The zero-order valence-electron chi connectivity index (χ0n) is 13.5. The number of carbonyl (C=O) groups excluding carboxylic acids is 1. The highest BCUT2D eigenvalue weighted by Gasteiger charge is 2.42. The van der Waals surface area contributed by atoms with Gasteiger partial charge in [0.1, 0.15) is 0 Å². The molecule has 1 aromatic carbocycles. The molecule has 1 aromatic rings. The summed E-state index contributed by atoms with van der Waals surface area (Å²) in [5.41, 5.74) is 2.36. The number of carbonyl (C=O) groups is 1. The molecule has 1 amide bonds. The third-order valence-electron chi connectivity index (χ3n) is 4.56. The van der Waals surface area contributed by atoms with Crippen LogP contribution in [-0.4, -0.2) is 42.3 Å². The lowest BCUT2D eigenvalue weighted by Gasteiger charge is -2.33. The van der Waals surface area contributed by atoms with Crippen LogP contribution in [0.5, 0.6) is 0 Å². The van der Waals surface area contributed by atoms with Crippen molar-refractivity contribution in [2.24, 2.45) is 11.0 Å². The number of likely N-dealkylation sites (tertiary alicyclic amines) is 1. The summed E-state index contributed by atoms with van der Waals surface area (Å²) in [6.07, 6.45) is -2.85. The summed E-state index contributed by atoms with van der Waals surface area (Å²) in [7, 11) is 0. The van der Waals surface area contributed by atoms with Crippen LogP contribution in [0.15, 0.2) is 29.4 Å². The standard InChI is InChI=1S/C17H20F3N3O/c1-12-8-10-23(21-12)15-6-4-13(5-7-15)16(24)22-9-2-3-14(11-22)17(18,19)20/h4-7,14H,2-3,8-11H2,1H3. The van der Waals surface area contributed by atoms with Gasteiger partial charge in [0.15, 0.2) is 0 Å². The summed E-state index contributed by atoms with van der Waals surface area (Å²) in [4.78, 5) is 13.8. The van der Waals surface area contributed by atoms with Crippen molar-refractivity contribution in [3.8, 4) is 0 Å². The quantitative estimate of drug-likeness (QED) is 0.824. The first-order chi connectivity index (χ1) is 11.3. The van der Waals surface area contributed by atoms with E-state index < -0.39 is 12.1 Å². The van der Waals surface area contributed by atoms with Crippen molar-refractivity contribution in [2.75, 3.05) is 24.6 Å². The number of amides is 1. The van der Waals surface area contributed by atoms with Crippen molar-refractivity contribution in [3.63, 3.8) is 0 Å². The molecule has 1 atom stereocenters. The molecule has 0 N–H and O–H groups in total. The van der Waals surface area contributed by atoms with Crippen LogP contribution in [0.25, 0.3) is 0 Å². The van der Waals surface area contributed by atoms with Gasteiger partial charge in [-0.15, -0.1) is 0 Å². The number of piperidine rings is 1. The van der Waals surface area contributed by atoms with Crippen molar-refractivity contribution in [3.05, 3.63) is 29.8 Å². The molecule has 2 aliphatic rings. The number of hydrazone groups is 1. The second kappa shape index (κ2) is 6.45. The molecule has 1 saturated heterocycles. The number of nitrogens with zero attached hydrogens (tertiary/aromatic N) is 3. The SMILES string of the molecule is CC1=NN(c2ccc(C(=O)N3CCCC(C(F)(F)F)C3)cc2)CC1. The van der Waals surface area contributed by atoms with Gasteiger partial charge in [-0.25, -0.2) is 0 Å². The van der Waals surface area contributed by atoms with Gasteiger partial charge in [0.25, 0.3) is 5.91 Å². The van der Waals surface area contributed by atoms with Crippen molar-refractivity contribution < 1.29 is 18.0 Å².